The maximum Gasteiger partial charge on any atom is 0.426 e. The summed E-state index contributed by atoms with van der Waals surface area (Å²) >= 11 is 3.49. The van der Waals surface area contributed by atoms with E-state index < -0.39 is 24.1 Å². The number of pyridine rings is 1. The lowest BCUT2D eigenvalue weighted by molar-refractivity contribution is -0.277. The Bertz CT molecular complexity index is 906. The van der Waals surface area contributed by atoms with Gasteiger partial charge in [0.15, 0.2) is 5.69 Å². The Hall–Kier alpha value is -1.88. The van der Waals surface area contributed by atoms with Crippen LogP contribution in [0.2, 0.25) is 0 Å². The first-order valence-corrected chi connectivity index (χ1v) is 10.4. The first kappa shape index (κ1) is 20.4. The molecule has 0 amide bonds. The highest BCUT2D eigenvalue weighted by molar-refractivity contribution is 9.10. The minimum atomic E-state index is -4.94. The van der Waals surface area contributed by atoms with E-state index in [2.05, 4.69) is 36.0 Å². The molecular weight excluding hydrogens is 455 g/mol. The van der Waals surface area contributed by atoms with Crippen LogP contribution in [0.15, 0.2) is 15.0 Å². The van der Waals surface area contributed by atoms with Gasteiger partial charge in [0.05, 0.1) is 10.2 Å². The van der Waals surface area contributed by atoms with E-state index in [0.717, 1.165) is 32.2 Å². The van der Waals surface area contributed by atoms with Gasteiger partial charge in [-0.2, -0.15) is 13.2 Å². The summed E-state index contributed by atoms with van der Waals surface area (Å²) in [6, 6.07) is 1.89. The Labute approximate surface area is 173 Å². The van der Waals surface area contributed by atoms with Crippen molar-refractivity contribution in [2.24, 2.45) is 0 Å². The summed E-state index contributed by atoms with van der Waals surface area (Å²) in [5, 5.41) is 17.6. The molecule has 0 aliphatic carbocycles. The van der Waals surface area contributed by atoms with E-state index in [-0.39, 0.29) is 29.7 Å². The van der Waals surface area contributed by atoms with E-state index in [0.29, 0.717) is 16.7 Å². The van der Waals surface area contributed by atoms with Crippen molar-refractivity contribution in [3.8, 4) is 11.6 Å². The normalized spacial score (nSPS) is 25.6. The summed E-state index contributed by atoms with van der Waals surface area (Å²) in [5.41, 5.74) is 3.13. The lowest BCUT2D eigenvalue weighted by Gasteiger charge is -2.28. The van der Waals surface area contributed by atoms with Crippen LogP contribution in [0.4, 0.5) is 24.7 Å². The molecule has 0 spiro atoms. The number of hydrogen-bond donors (Lipinski definition) is 2. The lowest BCUT2D eigenvalue weighted by Crippen LogP contribution is -2.42. The summed E-state index contributed by atoms with van der Waals surface area (Å²) in [5.74, 6) is -0.483. The van der Waals surface area contributed by atoms with Crippen molar-refractivity contribution in [1.29, 1.82) is 0 Å². The van der Waals surface area contributed by atoms with Crippen LogP contribution in [0.5, 0.6) is 0 Å². The third-order valence-corrected chi connectivity index (χ3v) is 6.25. The van der Waals surface area contributed by atoms with Gasteiger partial charge in [-0.3, -0.25) is 0 Å². The van der Waals surface area contributed by atoms with Gasteiger partial charge in [-0.1, -0.05) is 12.8 Å². The molecular formula is C18H21BrF3N5O2. The van der Waals surface area contributed by atoms with E-state index in [1.54, 1.807) is 6.07 Å². The maximum atomic E-state index is 13.7. The smallest absolute Gasteiger partial charge is 0.416 e. The average Bonchev–Trinajstić information content (AvgIpc) is 3.30. The van der Waals surface area contributed by atoms with Crippen molar-refractivity contribution < 1.29 is 22.7 Å². The number of halogens is 4. The monoisotopic (exact) mass is 475 g/mol. The van der Waals surface area contributed by atoms with E-state index >= 15 is 0 Å². The Balaban J connectivity index is 1.84. The van der Waals surface area contributed by atoms with Gasteiger partial charge in [-0.15, -0.1) is 10.2 Å². The summed E-state index contributed by atoms with van der Waals surface area (Å²) in [6.07, 6.45) is -1.13. The molecule has 0 unspecified atom stereocenters. The summed E-state index contributed by atoms with van der Waals surface area (Å²) < 4.78 is 47.0. The number of alkyl halides is 3. The van der Waals surface area contributed by atoms with Crippen LogP contribution in [0, 0.1) is 0 Å². The Kier molecular flexibility index (Phi) is 5.22. The fourth-order valence-electron chi connectivity index (χ4n) is 4.07. The van der Waals surface area contributed by atoms with Gasteiger partial charge in [-0.25, -0.2) is 4.98 Å². The SMILES string of the molecule is Nc1cc(Br)c2nc1-c1nnc(o1)[C@@](O)(C(F)(F)F)CCCCC[C@@H]1CCCN21. The van der Waals surface area contributed by atoms with Crippen LogP contribution in [-0.4, -0.2) is 39.1 Å². The molecule has 2 aliphatic heterocycles. The number of nitrogen functional groups attached to an aromatic ring is 1. The van der Waals surface area contributed by atoms with E-state index in [1.807, 2.05) is 0 Å². The topological polar surface area (TPSA) is 101 Å². The molecule has 4 bridgehead atoms. The van der Waals surface area contributed by atoms with Crippen LogP contribution in [0.1, 0.15) is 50.8 Å². The average molecular weight is 476 g/mol. The van der Waals surface area contributed by atoms with Crippen molar-refractivity contribution >= 4 is 27.4 Å². The predicted molar refractivity (Wildman–Crippen MR) is 103 cm³/mol. The number of aliphatic hydroxyl groups is 1. The Morgan fingerprint density at radius 3 is 2.72 bits per heavy atom. The van der Waals surface area contributed by atoms with Gasteiger partial charge < -0.3 is 20.2 Å². The number of aromatic nitrogens is 3. The Morgan fingerprint density at radius 1 is 1.21 bits per heavy atom. The fraction of sp³-hybridized carbons (Fsp3) is 0.611. The lowest BCUT2D eigenvalue weighted by atomic mass is 9.94. The van der Waals surface area contributed by atoms with Crippen LogP contribution in [-0.2, 0) is 5.60 Å². The molecule has 2 aromatic rings. The van der Waals surface area contributed by atoms with E-state index in [1.165, 1.54) is 0 Å². The van der Waals surface area contributed by atoms with Crippen molar-refractivity contribution in [1.82, 2.24) is 15.2 Å². The van der Waals surface area contributed by atoms with Gasteiger partial charge in [0.25, 0.3) is 11.8 Å². The molecule has 29 heavy (non-hydrogen) atoms. The quantitative estimate of drug-likeness (QED) is 0.589. The number of hydrogen-bond acceptors (Lipinski definition) is 7. The molecule has 1 saturated heterocycles. The molecule has 0 saturated carbocycles. The molecule has 0 radical (unpaired) electrons. The van der Waals surface area contributed by atoms with Gasteiger partial charge >= 0.3 is 6.18 Å². The van der Waals surface area contributed by atoms with Crippen molar-refractivity contribution in [3.63, 3.8) is 0 Å². The number of nitrogens with two attached hydrogens (primary N) is 1. The van der Waals surface area contributed by atoms with Gasteiger partial charge in [0.1, 0.15) is 5.82 Å². The number of anilines is 2. The minimum Gasteiger partial charge on any atom is -0.416 e. The second-order valence-corrected chi connectivity index (χ2v) is 8.45. The number of fused-ring (bicyclic) bond motifs is 7. The van der Waals surface area contributed by atoms with E-state index in [9.17, 15) is 18.3 Å². The molecule has 4 rings (SSSR count). The third kappa shape index (κ3) is 3.58. The molecule has 4 heterocycles. The number of rotatable bonds is 0. The molecule has 158 valence electrons. The zero-order valence-corrected chi connectivity index (χ0v) is 17.1. The molecule has 2 aromatic heterocycles. The minimum absolute atomic E-state index is 0.106. The highest BCUT2D eigenvalue weighted by atomic mass is 79.9. The Morgan fingerprint density at radius 2 is 1.97 bits per heavy atom. The second kappa shape index (κ2) is 7.42. The molecule has 7 nitrogen and oxygen atoms in total. The van der Waals surface area contributed by atoms with Crippen molar-refractivity contribution in [2.45, 2.75) is 62.8 Å². The van der Waals surface area contributed by atoms with Crippen LogP contribution in [0.3, 0.4) is 0 Å². The zero-order valence-electron chi connectivity index (χ0n) is 15.5. The molecule has 2 atom stereocenters. The second-order valence-electron chi connectivity index (χ2n) is 7.59. The molecule has 0 aromatic carbocycles. The van der Waals surface area contributed by atoms with Crippen LogP contribution < -0.4 is 10.6 Å². The highest BCUT2D eigenvalue weighted by Crippen LogP contribution is 2.44. The highest BCUT2D eigenvalue weighted by Gasteiger charge is 2.58. The molecule has 2 aliphatic rings. The molecule has 1 fully saturated rings. The zero-order chi connectivity index (χ0) is 20.8. The summed E-state index contributed by atoms with van der Waals surface area (Å²) in [7, 11) is 0. The summed E-state index contributed by atoms with van der Waals surface area (Å²) in [6.45, 7) is 0.836. The van der Waals surface area contributed by atoms with Crippen LogP contribution >= 0.6 is 15.9 Å². The molecule has 11 heteroatoms. The van der Waals surface area contributed by atoms with Crippen molar-refractivity contribution in [2.75, 3.05) is 17.2 Å². The van der Waals surface area contributed by atoms with Crippen molar-refractivity contribution in [3.05, 3.63) is 16.4 Å². The van der Waals surface area contributed by atoms with Crippen LogP contribution in [0.25, 0.3) is 11.6 Å². The summed E-state index contributed by atoms with van der Waals surface area (Å²) in [4.78, 5) is 6.75. The predicted octanol–water partition coefficient (Wildman–Crippen LogP) is 4.16. The van der Waals surface area contributed by atoms with Gasteiger partial charge in [0, 0.05) is 12.6 Å². The first-order chi connectivity index (χ1) is 13.7. The van der Waals surface area contributed by atoms with Gasteiger partial charge in [0.2, 0.25) is 5.60 Å². The number of nitrogens with zero attached hydrogens (tertiary/aromatic N) is 4. The largest absolute Gasteiger partial charge is 0.426 e. The fourth-order valence-corrected chi connectivity index (χ4v) is 4.64. The third-order valence-electron chi connectivity index (χ3n) is 5.66. The standard InChI is InChI=1S/C18H21BrF3N5O2/c19-11-9-12(23)13-15-25-26-16(29-15)17(28,18(20,21)22)7-3-1-2-5-10-6-4-8-27(10)14(11)24-13/h9-10,28H,1-8,23H2/t10-,17-/m1/s1. The molecule has 3 N–H and O–H groups in total. The van der Waals surface area contributed by atoms with Gasteiger partial charge in [-0.05, 0) is 54.1 Å². The van der Waals surface area contributed by atoms with E-state index in [4.69, 9.17) is 10.2 Å². The first-order valence-electron chi connectivity index (χ1n) is 9.57. The maximum absolute atomic E-state index is 13.7.